The number of carbonyl (C=O) groups is 1. The first-order valence-electron chi connectivity index (χ1n) is 11.2. The largest absolute Gasteiger partial charge is 0.489 e. The van der Waals surface area contributed by atoms with Crippen LogP contribution in [0.25, 0.3) is 10.9 Å². The molecule has 0 spiro atoms. The zero-order chi connectivity index (χ0) is 23.4. The Labute approximate surface area is 199 Å². The van der Waals surface area contributed by atoms with Crippen molar-refractivity contribution in [3.63, 3.8) is 0 Å². The Balaban J connectivity index is 1.33. The molecule has 0 aliphatic carbocycles. The maximum Gasteiger partial charge on any atom is 0.253 e. The highest BCUT2D eigenvalue weighted by molar-refractivity contribution is 7.07. The van der Waals surface area contributed by atoms with Gasteiger partial charge in [-0.2, -0.15) is 11.3 Å². The number of nitrogens with one attached hydrogen (secondary N) is 2. The maximum absolute atomic E-state index is 12.9. The van der Waals surface area contributed by atoms with Gasteiger partial charge in [0.05, 0.1) is 17.6 Å². The van der Waals surface area contributed by atoms with Crippen molar-refractivity contribution < 1.29 is 9.53 Å². The predicted octanol–water partition coefficient (Wildman–Crippen LogP) is 5.68. The molecule has 0 saturated heterocycles. The van der Waals surface area contributed by atoms with Gasteiger partial charge in [-0.25, -0.2) is 0 Å². The SMILES string of the molecule is Cc1[nH]c2c(C(=O)NC[C@H](C)Oc3cccc(CN(C)Cc4ccsc4)c3)cccc2c1C. The minimum Gasteiger partial charge on any atom is -0.489 e. The maximum atomic E-state index is 12.9. The topological polar surface area (TPSA) is 57.4 Å². The summed E-state index contributed by atoms with van der Waals surface area (Å²) in [5.74, 6) is 0.719. The summed E-state index contributed by atoms with van der Waals surface area (Å²) in [5.41, 5.74) is 6.34. The molecule has 4 rings (SSSR count). The van der Waals surface area contributed by atoms with Gasteiger partial charge in [0.2, 0.25) is 0 Å². The Bertz CT molecular complexity index is 1230. The Morgan fingerprint density at radius 2 is 1.91 bits per heavy atom. The van der Waals surface area contributed by atoms with E-state index in [-0.39, 0.29) is 12.0 Å². The quantitative estimate of drug-likeness (QED) is 0.337. The smallest absolute Gasteiger partial charge is 0.253 e. The average Bonchev–Trinajstić information content (AvgIpc) is 3.40. The molecule has 0 saturated carbocycles. The van der Waals surface area contributed by atoms with Gasteiger partial charge in [0.25, 0.3) is 5.91 Å². The van der Waals surface area contributed by atoms with Crippen LogP contribution in [-0.2, 0) is 13.1 Å². The first kappa shape index (κ1) is 23.1. The Kier molecular flexibility index (Phi) is 7.16. The van der Waals surface area contributed by atoms with Gasteiger partial charge in [0, 0.05) is 24.2 Å². The molecule has 6 heteroatoms. The molecule has 0 bridgehead atoms. The van der Waals surface area contributed by atoms with Gasteiger partial charge in [0.15, 0.2) is 0 Å². The molecule has 4 aromatic rings. The third kappa shape index (κ3) is 5.64. The summed E-state index contributed by atoms with van der Waals surface area (Å²) in [5, 5.41) is 8.40. The minimum absolute atomic E-state index is 0.0962. The third-order valence-electron chi connectivity index (χ3n) is 5.86. The summed E-state index contributed by atoms with van der Waals surface area (Å²) in [6.45, 7) is 8.26. The number of hydrogen-bond acceptors (Lipinski definition) is 4. The second kappa shape index (κ2) is 10.2. The van der Waals surface area contributed by atoms with Crippen LogP contribution in [0.15, 0.2) is 59.3 Å². The van der Waals surface area contributed by atoms with Crippen LogP contribution in [0.4, 0.5) is 0 Å². The van der Waals surface area contributed by atoms with Crippen LogP contribution in [0.5, 0.6) is 5.75 Å². The summed E-state index contributed by atoms with van der Waals surface area (Å²) >= 11 is 1.73. The lowest BCUT2D eigenvalue weighted by Gasteiger charge is -2.18. The molecule has 0 fully saturated rings. The molecule has 2 heterocycles. The van der Waals surface area contributed by atoms with Gasteiger partial charge in [-0.15, -0.1) is 0 Å². The standard InChI is InChI=1S/C27H31N3O2S/c1-18(14-28-27(31)25-10-6-9-24-19(2)20(3)29-26(24)25)32-23-8-5-7-21(13-23)15-30(4)16-22-11-12-33-17-22/h5-13,17-18,29H,14-16H2,1-4H3,(H,28,31)/t18-/m0/s1. The summed E-state index contributed by atoms with van der Waals surface area (Å²) in [6, 6.07) is 16.2. The fourth-order valence-corrected chi connectivity index (χ4v) is 4.72. The van der Waals surface area contributed by atoms with Crippen LogP contribution < -0.4 is 10.1 Å². The molecule has 0 aliphatic heterocycles. The number of H-pyrrole nitrogens is 1. The van der Waals surface area contributed by atoms with E-state index < -0.39 is 0 Å². The van der Waals surface area contributed by atoms with Gasteiger partial charge in [-0.05, 0) is 79.5 Å². The van der Waals surface area contributed by atoms with Crippen molar-refractivity contribution in [2.24, 2.45) is 0 Å². The lowest BCUT2D eigenvalue weighted by molar-refractivity contribution is 0.0933. The number of thiophene rings is 1. The van der Waals surface area contributed by atoms with Gasteiger partial charge in [-0.1, -0.05) is 24.3 Å². The zero-order valence-electron chi connectivity index (χ0n) is 19.6. The van der Waals surface area contributed by atoms with Gasteiger partial charge < -0.3 is 15.0 Å². The number of aryl methyl sites for hydroxylation is 2. The molecule has 172 valence electrons. The van der Waals surface area contributed by atoms with Gasteiger partial charge in [-0.3, -0.25) is 9.69 Å². The number of hydrogen-bond donors (Lipinski definition) is 2. The summed E-state index contributed by atoms with van der Waals surface area (Å²) in [7, 11) is 2.12. The fraction of sp³-hybridized carbons (Fsp3) is 0.296. The van der Waals surface area contributed by atoms with E-state index in [2.05, 4.69) is 58.1 Å². The van der Waals surface area contributed by atoms with Crippen molar-refractivity contribution in [3.05, 3.63) is 87.2 Å². The molecule has 0 radical (unpaired) electrons. The molecular weight excluding hydrogens is 430 g/mol. The molecule has 2 aromatic heterocycles. The lowest BCUT2D eigenvalue weighted by atomic mass is 10.1. The normalized spacial score (nSPS) is 12.3. The van der Waals surface area contributed by atoms with Crippen LogP contribution >= 0.6 is 11.3 Å². The van der Waals surface area contributed by atoms with Crippen molar-refractivity contribution in [1.29, 1.82) is 0 Å². The second-order valence-corrected chi connectivity index (χ2v) is 9.47. The summed E-state index contributed by atoms with van der Waals surface area (Å²) < 4.78 is 6.10. The van der Waals surface area contributed by atoms with Crippen molar-refractivity contribution >= 4 is 28.1 Å². The summed E-state index contributed by atoms with van der Waals surface area (Å²) in [6.07, 6.45) is -0.154. The Hall–Kier alpha value is -3.09. The number of aromatic amines is 1. The number of benzene rings is 2. The highest BCUT2D eigenvalue weighted by Gasteiger charge is 2.15. The van der Waals surface area contributed by atoms with Crippen LogP contribution in [0.1, 0.15) is 39.7 Å². The van der Waals surface area contributed by atoms with Gasteiger partial charge >= 0.3 is 0 Å². The number of ether oxygens (including phenoxy) is 1. The third-order valence-corrected chi connectivity index (χ3v) is 6.59. The monoisotopic (exact) mass is 461 g/mol. The van der Waals surface area contributed by atoms with E-state index in [4.69, 9.17) is 4.74 Å². The van der Waals surface area contributed by atoms with E-state index in [1.54, 1.807) is 11.3 Å². The highest BCUT2D eigenvalue weighted by atomic mass is 32.1. The molecule has 0 aliphatic rings. The van der Waals surface area contributed by atoms with Crippen LogP contribution in [0.3, 0.4) is 0 Å². The number of fused-ring (bicyclic) bond motifs is 1. The fourth-order valence-electron chi connectivity index (χ4n) is 4.06. The van der Waals surface area contributed by atoms with Crippen molar-refractivity contribution in [1.82, 2.24) is 15.2 Å². The molecule has 0 unspecified atom stereocenters. The second-order valence-electron chi connectivity index (χ2n) is 8.69. The first-order valence-corrected chi connectivity index (χ1v) is 12.2. The number of nitrogens with zero attached hydrogens (tertiary/aromatic N) is 1. The molecule has 1 amide bonds. The average molecular weight is 462 g/mol. The van der Waals surface area contributed by atoms with Gasteiger partial charge in [0.1, 0.15) is 11.9 Å². The predicted molar refractivity (Wildman–Crippen MR) is 136 cm³/mol. The van der Waals surface area contributed by atoms with Crippen molar-refractivity contribution in [2.75, 3.05) is 13.6 Å². The highest BCUT2D eigenvalue weighted by Crippen LogP contribution is 2.24. The molecule has 1 atom stereocenters. The van der Waals surface area contributed by atoms with E-state index in [1.807, 2.05) is 44.2 Å². The minimum atomic E-state index is -0.154. The van der Waals surface area contributed by atoms with Crippen molar-refractivity contribution in [3.8, 4) is 5.75 Å². The number of para-hydroxylation sites is 1. The lowest BCUT2D eigenvalue weighted by Crippen LogP contribution is -2.33. The van der Waals surface area contributed by atoms with E-state index in [9.17, 15) is 4.79 Å². The van der Waals surface area contributed by atoms with E-state index in [1.165, 1.54) is 16.7 Å². The summed E-state index contributed by atoms with van der Waals surface area (Å²) in [4.78, 5) is 18.5. The van der Waals surface area contributed by atoms with Crippen LogP contribution in [0, 0.1) is 13.8 Å². The van der Waals surface area contributed by atoms with E-state index >= 15 is 0 Å². The molecule has 2 N–H and O–H groups in total. The molecule has 5 nitrogen and oxygen atoms in total. The number of amides is 1. The number of rotatable bonds is 9. The number of carbonyl (C=O) groups excluding carboxylic acids is 1. The van der Waals surface area contributed by atoms with Crippen LogP contribution in [0.2, 0.25) is 0 Å². The van der Waals surface area contributed by atoms with E-state index in [0.717, 1.165) is 35.4 Å². The molecule has 33 heavy (non-hydrogen) atoms. The Morgan fingerprint density at radius 1 is 1.12 bits per heavy atom. The number of aromatic nitrogens is 1. The zero-order valence-corrected chi connectivity index (χ0v) is 20.5. The van der Waals surface area contributed by atoms with Crippen molar-refractivity contribution in [2.45, 2.75) is 40.0 Å². The Morgan fingerprint density at radius 3 is 2.70 bits per heavy atom. The van der Waals surface area contributed by atoms with Crippen LogP contribution in [-0.4, -0.2) is 35.5 Å². The van der Waals surface area contributed by atoms with E-state index in [0.29, 0.717) is 12.1 Å². The first-order chi connectivity index (χ1) is 15.9. The molecule has 2 aromatic carbocycles. The molecular formula is C27H31N3O2S.